The minimum Gasteiger partial charge on any atom is -0.497 e. The molecule has 0 radical (unpaired) electrons. The normalized spacial score (nSPS) is 11.0. The second-order valence-corrected chi connectivity index (χ2v) is 9.29. The summed E-state index contributed by atoms with van der Waals surface area (Å²) in [6.45, 7) is 1.90. The van der Waals surface area contributed by atoms with Crippen LogP contribution in [0.2, 0.25) is 0 Å². The number of methoxy groups -OCH3 is 1. The monoisotopic (exact) mass is 494 g/mol. The molecule has 36 heavy (non-hydrogen) atoms. The summed E-state index contributed by atoms with van der Waals surface area (Å²) in [5.41, 5.74) is 4.84. The summed E-state index contributed by atoms with van der Waals surface area (Å²) in [5.74, 6) is 1.27. The summed E-state index contributed by atoms with van der Waals surface area (Å²) in [6.07, 6.45) is 0.313. The van der Waals surface area contributed by atoms with Crippen LogP contribution in [0.3, 0.4) is 0 Å². The summed E-state index contributed by atoms with van der Waals surface area (Å²) in [4.78, 5) is 18.0. The minimum atomic E-state index is -0.0826. The van der Waals surface area contributed by atoms with E-state index in [1.54, 1.807) is 11.8 Å². The van der Waals surface area contributed by atoms with E-state index in [9.17, 15) is 4.79 Å². The predicted octanol–water partition coefficient (Wildman–Crippen LogP) is 6.47. The van der Waals surface area contributed by atoms with E-state index < -0.39 is 0 Å². The number of anilines is 1. The fraction of sp³-hybridized carbons (Fsp3) is 0.138. The van der Waals surface area contributed by atoms with Gasteiger partial charge in [0.2, 0.25) is 11.0 Å². The van der Waals surface area contributed by atoms with Gasteiger partial charge in [0.1, 0.15) is 11.6 Å². The molecular formula is C29H26N4O2S. The van der Waals surface area contributed by atoms with Crippen molar-refractivity contribution in [2.24, 2.45) is 0 Å². The second-order valence-electron chi connectivity index (χ2n) is 8.45. The number of nitrogens with zero attached hydrogens (tertiary/aromatic N) is 3. The summed E-state index contributed by atoms with van der Waals surface area (Å²) in [7, 11) is 1.65. The van der Waals surface area contributed by atoms with Crippen molar-refractivity contribution in [2.75, 3.05) is 12.4 Å². The Morgan fingerprint density at radius 3 is 2.22 bits per heavy atom. The van der Waals surface area contributed by atoms with Gasteiger partial charge in [0, 0.05) is 29.3 Å². The number of thiazole rings is 1. The summed E-state index contributed by atoms with van der Waals surface area (Å²) in [5, 5.41) is 10.3. The molecule has 0 aliphatic carbocycles. The number of carbonyl (C=O) groups excluding carboxylic acids is 1. The van der Waals surface area contributed by atoms with E-state index in [1.165, 1.54) is 11.3 Å². The lowest BCUT2D eigenvalue weighted by Gasteiger charge is -2.18. The van der Waals surface area contributed by atoms with Crippen LogP contribution in [0, 0.1) is 6.92 Å². The molecule has 1 amide bonds. The Kier molecular flexibility index (Phi) is 6.91. The standard InChI is InChI=1S/C29H26N4O2S/c1-20-17-27(33(32-20)29-30-26(19-36-29)23-13-15-24(35-2)16-14-23)31-28(34)18-25(21-9-5-3-6-10-21)22-11-7-4-8-12-22/h3-17,19,25H,18H2,1-2H3,(H,31,34). The fourth-order valence-corrected chi connectivity index (χ4v) is 4.96. The number of aromatic nitrogens is 3. The van der Waals surface area contributed by atoms with E-state index in [0.717, 1.165) is 33.8 Å². The molecule has 6 nitrogen and oxygen atoms in total. The number of carbonyl (C=O) groups is 1. The third-order valence-corrected chi connectivity index (χ3v) is 6.77. The van der Waals surface area contributed by atoms with Crippen LogP contribution in [0.5, 0.6) is 5.75 Å². The molecule has 0 aliphatic heterocycles. The van der Waals surface area contributed by atoms with Crippen molar-refractivity contribution in [1.82, 2.24) is 14.8 Å². The third kappa shape index (κ3) is 5.21. The van der Waals surface area contributed by atoms with Crippen LogP contribution in [-0.2, 0) is 4.79 Å². The number of rotatable bonds is 8. The molecule has 2 aromatic heterocycles. The van der Waals surface area contributed by atoms with Crippen LogP contribution >= 0.6 is 11.3 Å². The topological polar surface area (TPSA) is 69.0 Å². The van der Waals surface area contributed by atoms with E-state index in [-0.39, 0.29) is 11.8 Å². The van der Waals surface area contributed by atoms with E-state index in [4.69, 9.17) is 9.72 Å². The molecule has 0 bridgehead atoms. The zero-order valence-corrected chi connectivity index (χ0v) is 20.9. The summed E-state index contributed by atoms with van der Waals surface area (Å²) < 4.78 is 6.95. The lowest BCUT2D eigenvalue weighted by atomic mass is 9.88. The van der Waals surface area contributed by atoms with Crippen LogP contribution in [0.15, 0.2) is 96.4 Å². The number of hydrogen-bond donors (Lipinski definition) is 1. The zero-order valence-electron chi connectivity index (χ0n) is 20.1. The van der Waals surface area contributed by atoms with Gasteiger partial charge in [-0.05, 0) is 42.3 Å². The van der Waals surface area contributed by atoms with Gasteiger partial charge in [-0.15, -0.1) is 11.3 Å². The van der Waals surface area contributed by atoms with Crippen molar-refractivity contribution in [2.45, 2.75) is 19.3 Å². The van der Waals surface area contributed by atoms with Gasteiger partial charge in [-0.1, -0.05) is 60.7 Å². The van der Waals surface area contributed by atoms with Gasteiger partial charge in [0.25, 0.3) is 0 Å². The molecule has 0 saturated carbocycles. The van der Waals surface area contributed by atoms with Gasteiger partial charge < -0.3 is 10.1 Å². The number of aryl methyl sites for hydroxylation is 1. The first-order valence-electron chi connectivity index (χ1n) is 11.7. The first-order chi connectivity index (χ1) is 17.6. The first kappa shape index (κ1) is 23.5. The van der Waals surface area contributed by atoms with Crippen molar-refractivity contribution in [3.05, 3.63) is 113 Å². The Balaban J connectivity index is 1.37. The van der Waals surface area contributed by atoms with Crippen molar-refractivity contribution in [1.29, 1.82) is 0 Å². The van der Waals surface area contributed by atoms with Gasteiger partial charge in [-0.25, -0.2) is 4.98 Å². The average molecular weight is 495 g/mol. The number of amides is 1. The number of benzene rings is 3. The Labute approximate surface area is 214 Å². The molecule has 2 heterocycles. The molecule has 0 saturated heterocycles. The largest absolute Gasteiger partial charge is 0.497 e. The van der Waals surface area contributed by atoms with Crippen molar-refractivity contribution in [3.8, 4) is 22.1 Å². The van der Waals surface area contributed by atoms with Crippen molar-refractivity contribution < 1.29 is 9.53 Å². The van der Waals surface area contributed by atoms with Crippen molar-refractivity contribution >= 4 is 23.1 Å². The molecule has 5 aromatic rings. The van der Waals surface area contributed by atoms with E-state index in [1.807, 2.05) is 79.0 Å². The van der Waals surface area contributed by atoms with Crippen LogP contribution in [0.1, 0.15) is 29.2 Å². The lowest BCUT2D eigenvalue weighted by Crippen LogP contribution is -2.18. The smallest absolute Gasteiger partial charge is 0.226 e. The highest BCUT2D eigenvalue weighted by Gasteiger charge is 2.20. The molecule has 1 N–H and O–H groups in total. The van der Waals surface area contributed by atoms with Gasteiger partial charge in [-0.2, -0.15) is 9.78 Å². The molecule has 5 rings (SSSR count). The Morgan fingerprint density at radius 1 is 0.972 bits per heavy atom. The van der Waals surface area contributed by atoms with Crippen molar-refractivity contribution in [3.63, 3.8) is 0 Å². The van der Waals surface area contributed by atoms with E-state index in [0.29, 0.717) is 17.4 Å². The van der Waals surface area contributed by atoms with Gasteiger partial charge in [0.15, 0.2) is 0 Å². The Hall–Kier alpha value is -4.23. The first-order valence-corrected chi connectivity index (χ1v) is 12.6. The van der Waals surface area contributed by atoms with Gasteiger partial charge in [0.05, 0.1) is 18.5 Å². The summed E-state index contributed by atoms with van der Waals surface area (Å²) >= 11 is 1.48. The molecular weight excluding hydrogens is 468 g/mol. The van der Waals surface area contributed by atoms with Gasteiger partial charge >= 0.3 is 0 Å². The predicted molar refractivity (Wildman–Crippen MR) is 144 cm³/mol. The molecule has 0 unspecified atom stereocenters. The van der Waals surface area contributed by atoms with Crippen LogP contribution in [0.25, 0.3) is 16.4 Å². The molecule has 7 heteroatoms. The van der Waals surface area contributed by atoms with Crippen LogP contribution < -0.4 is 10.1 Å². The molecule has 0 atom stereocenters. The highest BCUT2D eigenvalue weighted by Crippen LogP contribution is 2.30. The van der Waals surface area contributed by atoms with Crippen LogP contribution in [-0.4, -0.2) is 27.8 Å². The third-order valence-electron chi connectivity index (χ3n) is 5.95. The minimum absolute atomic E-state index is 0.0496. The quantitative estimate of drug-likeness (QED) is 0.268. The molecule has 180 valence electrons. The van der Waals surface area contributed by atoms with Gasteiger partial charge in [-0.3, -0.25) is 4.79 Å². The van der Waals surface area contributed by atoms with E-state index >= 15 is 0 Å². The summed E-state index contributed by atoms with van der Waals surface area (Å²) in [6, 6.07) is 29.9. The number of nitrogens with one attached hydrogen (secondary N) is 1. The molecule has 3 aromatic carbocycles. The average Bonchev–Trinajstić information content (AvgIpc) is 3.55. The fourth-order valence-electron chi connectivity index (χ4n) is 4.17. The molecule has 0 aliphatic rings. The lowest BCUT2D eigenvalue weighted by molar-refractivity contribution is -0.116. The van der Waals surface area contributed by atoms with Crippen LogP contribution in [0.4, 0.5) is 5.82 Å². The highest BCUT2D eigenvalue weighted by atomic mass is 32.1. The maximum atomic E-state index is 13.3. The SMILES string of the molecule is COc1ccc(-c2csc(-n3nc(C)cc3NC(=O)CC(c3ccccc3)c3ccccc3)n2)cc1. The maximum absolute atomic E-state index is 13.3. The second kappa shape index (κ2) is 10.6. The number of hydrogen-bond acceptors (Lipinski definition) is 5. The zero-order chi connectivity index (χ0) is 24.9. The Morgan fingerprint density at radius 2 is 1.61 bits per heavy atom. The Bertz CT molecular complexity index is 1400. The number of ether oxygens (including phenoxy) is 1. The van der Waals surface area contributed by atoms with E-state index in [2.05, 4.69) is 34.7 Å². The molecule has 0 spiro atoms. The highest BCUT2D eigenvalue weighted by molar-refractivity contribution is 7.12. The maximum Gasteiger partial charge on any atom is 0.226 e. The molecule has 0 fully saturated rings.